The maximum absolute atomic E-state index is 11.9. The van der Waals surface area contributed by atoms with Crippen molar-refractivity contribution < 1.29 is 9.53 Å². The summed E-state index contributed by atoms with van der Waals surface area (Å²) in [5.41, 5.74) is 10.8. The van der Waals surface area contributed by atoms with Gasteiger partial charge in [0.05, 0.1) is 6.61 Å². The highest BCUT2D eigenvalue weighted by Gasteiger charge is 2.15. The molecule has 4 aromatic rings. The zero-order chi connectivity index (χ0) is 36.0. The monoisotopic (exact) mass is 660 g/mol. The van der Waals surface area contributed by atoms with E-state index in [-0.39, 0.29) is 18.5 Å². The average Bonchev–Trinajstić information content (AvgIpc) is 3.12. The molecule has 0 saturated heterocycles. The van der Waals surface area contributed by atoms with Crippen LogP contribution in [0.4, 0.5) is 22.7 Å². The van der Waals surface area contributed by atoms with Crippen LogP contribution in [0.3, 0.4) is 0 Å². The molecule has 4 aromatic carbocycles. The van der Waals surface area contributed by atoms with Gasteiger partial charge in [0.15, 0.2) is 0 Å². The zero-order valence-corrected chi connectivity index (χ0v) is 30.2. The highest BCUT2D eigenvalue weighted by atomic mass is 16.5. The van der Waals surface area contributed by atoms with Crippen LogP contribution in [0.15, 0.2) is 157 Å². The van der Waals surface area contributed by atoms with Gasteiger partial charge in [-0.05, 0) is 106 Å². The van der Waals surface area contributed by atoms with Crippen molar-refractivity contribution in [3.8, 4) is 12.3 Å². The molecule has 1 atom stereocenters. The number of rotatable bonds is 14. The summed E-state index contributed by atoms with van der Waals surface area (Å²) in [5.74, 6) is 2.55. The third-order valence-corrected chi connectivity index (χ3v) is 8.13. The Bertz CT molecular complexity index is 1900. The Hall–Kier alpha value is -5.79. The quantitative estimate of drug-likeness (QED) is 0.0583. The van der Waals surface area contributed by atoms with Gasteiger partial charge in [-0.2, -0.15) is 0 Å². The van der Waals surface area contributed by atoms with Gasteiger partial charge in [0.25, 0.3) is 0 Å². The zero-order valence-electron chi connectivity index (χ0n) is 30.2. The number of benzene rings is 4. The third kappa shape index (κ3) is 10.1. The fourth-order valence-electron chi connectivity index (χ4n) is 5.36. The van der Waals surface area contributed by atoms with E-state index in [1.165, 1.54) is 11.1 Å². The van der Waals surface area contributed by atoms with Crippen molar-refractivity contribution >= 4 is 34.3 Å². The van der Waals surface area contributed by atoms with Crippen LogP contribution in [0.1, 0.15) is 50.8 Å². The molecule has 0 amide bonds. The molecule has 0 spiro atoms. The number of carbonyl (C=O) groups is 1. The fraction of sp³-hybridized carbons (Fsp3) is 0.196. The molecule has 0 radical (unpaired) electrons. The topological polar surface area (TPSA) is 32.8 Å². The minimum atomic E-state index is -0.375. The van der Waals surface area contributed by atoms with Gasteiger partial charge in [-0.25, -0.2) is 4.79 Å². The van der Waals surface area contributed by atoms with Gasteiger partial charge >= 0.3 is 5.97 Å². The van der Waals surface area contributed by atoms with E-state index < -0.39 is 0 Å². The highest BCUT2D eigenvalue weighted by Crippen LogP contribution is 2.35. The van der Waals surface area contributed by atoms with Crippen LogP contribution in [0, 0.1) is 32.1 Å². The minimum Gasteiger partial charge on any atom is -0.462 e. The van der Waals surface area contributed by atoms with Crippen molar-refractivity contribution in [1.29, 1.82) is 0 Å². The molecule has 0 aliphatic carbocycles. The number of nitrogens with zero attached hydrogens (tertiary/aromatic N) is 2. The van der Waals surface area contributed by atoms with E-state index >= 15 is 0 Å². The van der Waals surface area contributed by atoms with E-state index in [2.05, 4.69) is 171 Å². The lowest BCUT2D eigenvalue weighted by atomic mass is 10.0. The number of esters is 1. The van der Waals surface area contributed by atoms with E-state index in [0.29, 0.717) is 5.57 Å². The van der Waals surface area contributed by atoms with Crippen LogP contribution in [-0.2, 0) is 9.53 Å². The summed E-state index contributed by atoms with van der Waals surface area (Å²) in [6.07, 6.45) is 17.4. The number of carbonyl (C=O) groups excluding carboxylic acids is 1. The fourth-order valence-corrected chi connectivity index (χ4v) is 5.36. The van der Waals surface area contributed by atoms with Crippen LogP contribution in [0.2, 0.25) is 0 Å². The van der Waals surface area contributed by atoms with Gasteiger partial charge in [-0.15, -0.1) is 6.42 Å². The lowest BCUT2D eigenvalue weighted by Gasteiger charge is -2.27. The number of anilines is 4. The Kier molecular flexibility index (Phi) is 13.4. The molecule has 254 valence electrons. The van der Waals surface area contributed by atoms with Gasteiger partial charge in [0.2, 0.25) is 0 Å². The first-order valence-electron chi connectivity index (χ1n) is 17.1. The lowest BCUT2D eigenvalue weighted by molar-refractivity contribution is -0.139. The maximum atomic E-state index is 11.9. The Labute approximate surface area is 299 Å². The normalized spacial score (nSPS) is 12.7. The van der Waals surface area contributed by atoms with Crippen LogP contribution in [0.5, 0.6) is 0 Å². The SMILES string of the molecule is C#C/C(=C\C=C(/C)N(C(/C=C\C(C)COC(=O)C(=C)C)=C/CC)c1ccc(C)cc1)c1ccc(N(c2ccccc2)c2ccc(C)cc2)cc1. The maximum Gasteiger partial charge on any atom is 0.333 e. The standard InChI is InChI=1S/C46H48N2O2/c1-9-14-41(30-21-37(7)33-50-46(49)34(3)4)47(43-26-17-35(5)18-27-43)38(8)22-23-39(10-2)40-24-31-45(32-25-40)48(42-15-12-11-13-16-42)44-28-19-36(6)20-29-44/h2,11-32,37H,3,9,33H2,1,4-8H3/b30-21-,38-22+,39-23+,41-14+. The van der Waals surface area contributed by atoms with Crippen molar-refractivity contribution in [2.75, 3.05) is 16.4 Å². The molecule has 0 fully saturated rings. The molecule has 4 heteroatoms. The number of allylic oxidation sites excluding steroid dienone is 6. The van der Waals surface area contributed by atoms with Crippen LogP contribution in [0.25, 0.3) is 5.57 Å². The average molecular weight is 661 g/mol. The minimum absolute atomic E-state index is 0.0162. The van der Waals surface area contributed by atoms with Crippen molar-refractivity contribution in [2.45, 2.75) is 48.0 Å². The van der Waals surface area contributed by atoms with Crippen molar-refractivity contribution in [2.24, 2.45) is 5.92 Å². The molecule has 0 aromatic heterocycles. The summed E-state index contributed by atoms with van der Waals surface area (Å²) < 4.78 is 5.39. The second kappa shape index (κ2) is 18.1. The van der Waals surface area contributed by atoms with Gasteiger partial charge in [-0.3, -0.25) is 0 Å². The first-order chi connectivity index (χ1) is 24.1. The molecule has 4 nitrogen and oxygen atoms in total. The Morgan fingerprint density at radius 1 is 0.820 bits per heavy atom. The Morgan fingerprint density at radius 2 is 1.36 bits per heavy atom. The number of hydrogen-bond donors (Lipinski definition) is 0. The molecule has 0 bridgehead atoms. The largest absolute Gasteiger partial charge is 0.462 e. The Balaban J connectivity index is 1.66. The van der Waals surface area contributed by atoms with Gasteiger partial charge in [0.1, 0.15) is 0 Å². The smallest absolute Gasteiger partial charge is 0.333 e. The molecule has 1 unspecified atom stereocenters. The number of terminal acetylenes is 1. The predicted molar refractivity (Wildman–Crippen MR) is 213 cm³/mol. The van der Waals surface area contributed by atoms with Crippen molar-refractivity contribution in [3.63, 3.8) is 0 Å². The predicted octanol–water partition coefficient (Wildman–Crippen LogP) is 11.8. The van der Waals surface area contributed by atoms with E-state index in [4.69, 9.17) is 11.2 Å². The highest BCUT2D eigenvalue weighted by molar-refractivity contribution is 5.87. The summed E-state index contributed by atoms with van der Waals surface area (Å²) >= 11 is 0. The van der Waals surface area contributed by atoms with Gasteiger partial charge in [-0.1, -0.05) is 104 Å². The van der Waals surface area contributed by atoms with Crippen LogP contribution in [-0.4, -0.2) is 12.6 Å². The van der Waals surface area contributed by atoms with E-state index in [9.17, 15) is 4.79 Å². The number of hydrogen-bond acceptors (Lipinski definition) is 4. The van der Waals surface area contributed by atoms with Crippen LogP contribution < -0.4 is 9.80 Å². The number of aryl methyl sites for hydroxylation is 2. The lowest BCUT2D eigenvalue weighted by Crippen LogP contribution is -2.19. The van der Waals surface area contributed by atoms with E-state index in [1.54, 1.807) is 6.92 Å². The summed E-state index contributed by atoms with van der Waals surface area (Å²) in [4.78, 5) is 16.4. The first kappa shape index (κ1) is 37.0. The molecule has 4 rings (SSSR count). The third-order valence-electron chi connectivity index (χ3n) is 8.13. The van der Waals surface area contributed by atoms with Gasteiger partial charge < -0.3 is 14.5 Å². The summed E-state index contributed by atoms with van der Waals surface area (Å²) in [6, 6.07) is 35.8. The van der Waals surface area contributed by atoms with Gasteiger partial charge in [0, 0.05) is 51.2 Å². The van der Waals surface area contributed by atoms with Crippen molar-refractivity contribution in [1.82, 2.24) is 0 Å². The summed E-state index contributed by atoms with van der Waals surface area (Å²) in [5, 5.41) is 0. The number of para-hydroxylation sites is 1. The molecule has 0 saturated carbocycles. The molecule has 0 aliphatic heterocycles. The van der Waals surface area contributed by atoms with Crippen LogP contribution >= 0.6 is 0 Å². The Morgan fingerprint density at radius 3 is 1.90 bits per heavy atom. The molecule has 0 aliphatic rings. The molecular weight excluding hydrogens is 613 g/mol. The molecular formula is C46H48N2O2. The summed E-state index contributed by atoms with van der Waals surface area (Å²) in [7, 11) is 0. The summed E-state index contributed by atoms with van der Waals surface area (Å²) in [6.45, 7) is 16.0. The van der Waals surface area contributed by atoms with E-state index in [1.807, 2.05) is 19.1 Å². The van der Waals surface area contributed by atoms with E-state index in [0.717, 1.165) is 51.7 Å². The second-order valence-electron chi connectivity index (χ2n) is 12.5. The van der Waals surface area contributed by atoms with Crippen molar-refractivity contribution in [3.05, 3.63) is 174 Å². The molecule has 50 heavy (non-hydrogen) atoms. The first-order valence-corrected chi connectivity index (χ1v) is 17.1. The second-order valence-corrected chi connectivity index (χ2v) is 12.5. The molecule has 0 N–H and O–H groups in total. The molecule has 0 heterocycles. The number of ether oxygens (including phenoxy) is 1.